The molecule has 0 spiro atoms. The fraction of sp³-hybridized carbons (Fsp3) is 0.400. The number of nitrogens with one attached hydrogen (secondary N) is 1. The Balaban J connectivity index is 0.00000228. The highest BCUT2D eigenvalue weighted by molar-refractivity contribution is 6.37. The first-order valence-electron chi connectivity index (χ1n) is 11.3. The zero-order chi connectivity index (χ0) is 24.4. The summed E-state index contributed by atoms with van der Waals surface area (Å²) in [7, 11) is 4.19. The molecule has 1 fully saturated rings. The number of phenolic OH excluding ortho intramolecular Hbond substituents is 1. The van der Waals surface area contributed by atoms with Gasteiger partial charge in [-0.05, 0) is 70.0 Å². The highest BCUT2D eigenvalue weighted by Gasteiger charge is 2.25. The van der Waals surface area contributed by atoms with Crippen LogP contribution in [0.5, 0.6) is 5.75 Å². The normalized spacial score (nSPS) is 17.4. The minimum absolute atomic E-state index is 0. The Labute approximate surface area is 233 Å². The molecule has 0 radical (unpaired) electrons. The molecular weight excluding hydrogens is 546 g/mol. The minimum atomic E-state index is -0.611. The van der Waals surface area contributed by atoms with Gasteiger partial charge in [0.25, 0.3) is 0 Å². The third kappa shape index (κ3) is 6.71. The molecule has 2 aromatic heterocycles. The quantitative estimate of drug-likeness (QED) is 0.303. The maximum absolute atomic E-state index is 12.5. The number of pyridine rings is 2. The van der Waals surface area contributed by atoms with Crippen LogP contribution in [0, 0.1) is 5.92 Å². The first kappa shape index (κ1) is 30.4. The van der Waals surface area contributed by atoms with E-state index in [1.807, 2.05) is 6.07 Å². The number of carbonyl (C=O) groups excluding carboxylic acids is 1. The molecule has 4 rings (SSSR count). The van der Waals surface area contributed by atoms with Gasteiger partial charge >= 0.3 is 0 Å². The van der Waals surface area contributed by atoms with Gasteiger partial charge in [-0.25, -0.2) is 4.98 Å². The number of nitrogens with zero attached hydrogens (tertiary/aromatic N) is 3. The van der Waals surface area contributed by atoms with Crippen LogP contribution in [0.15, 0.2) is 30.5 Å². The van der Waals surface area contributed by atoms with E-state index in [4.69, 9.17) is 28.2 Å². The zero-order valence-electron chi connectivity index (χ0n) is 20.0. The summed E-state index contributed by atoms with van der Waals surface area (Å²) in [6.07, 6.45) is 5.67. The van der Waals surface area contributed by atoms with Crippen molar-refractivity contribution in [2.24, 2.45) is 5.92 Å². The summed E-state index contributed by atoms with van der Waals surface area (Å²) in [5.41, 5.74) is 3.26. The number of fused-ring (bicyclic) bond motifs is 1. The van der Waals surface area contributed by atoms with E-state index in [0.29, 0.717) is 39.5 Å². The molecule has 1 aromatic carbocycles. The minimum Gasteiger partial charge on any atom is -0.505 e. The molecule has 0 bridgehead atoms. The Hall–Kier alpha value is -1.87. The Morgan fingerprint density at radius 2 is 1.75 bits per heavy atom. The fourth-order valence-electron chi connectivity index (χ4n) is 4.59. The Kier molecular flexibility index (Phi) is 11.0. The van der Waals surface area contributed by atoms with E-state index in [1.165, 1.54) is 6.20 Å². The summed E-state index contributed by atoms with van der Waals surface area (Å²) >= 11 is 12.2. The lowest BCUT2D eigenvalue weighted by Crippen LogP contribution is -2.31. The molecule has 0 amide bonds. The van der Waals surface area contributed by atoms with Crippen molar-refractivity contribution in [2.75, 3.05) is 32.6 Å². The van der Waals surface area contributed by atoms with Gasteiger partial charge in [0.05, 0.1) is 32.5 Å². The highest BCUT2D eigenvalue weighted by atomic mass is 35.5. The van der Waals surface area contributed by atoms with Gasteiger partial charge in [0, 0.05) is 24.3 Å². The number of hydrogen-bond acceptors (Lipinski definition) is 7. The fourth-order valence-corrected chi connectivity index (χ4v) is 5.08. The SMILES string of the molecule is CN(C)CC1CCC(Nc2c(C(=O)CO)cnc3ccc(-c4cc(Cl)c(O)c(Cl)c4)nc23)CC1.Cl.Cl. The molecule has 0 saturated heterocycles. The molecule has 11 heteroatoms. The van der Waals surface area contributed by atoms with Crippen molar-refractivity contribution in [1.82, 2.24) is 14.9 Å². The van der Waals surface area contributed by atoms with Gasteiger partial charge < -0.3 is 20.4 Å². The van der Waals surface area contributed by atoms with Crippen LogP contribution in [-0.2, 0) is 0 Å². The average molecular weight is 576 g/mol. The summed E-state index contributed by atoms with van der Waals surface area (Å²) < 4.78 is 0. The number of halogens is 4. The Morgan fingerprint density at radius 1 is 1.11 bits per heavy atom. The van der Waals surface area contributed by atoms with E-state index < -0.39 is 12.4 Å². The van der Waals surface area contributed by atoms with E-state index >= 15 is 0 Å². The maximum atomic E-state index is 12.5. The summed E-state index contributed by atoms with van der Waals surface area (Å²) in [6, 6.07) is 6.98. The molecule has 1 saturated carbocycles. The van der Waals surface area contributed by atoms with Gasteiger partial charge in [-0.2, -0.15) is 0 Å². The molecule has 36 heavy (non-hydrogen) atoms. The highest BCUT2D eigenvalue weighted by Crippen LogP contribution is 2.37. The van der Waals surface area contributed by atoms with Gasteiger partial charge in [0.15, 0.2) is 11.5 Å². The topological polar surface area (TPSA) is 98.6 Å². The van der Waals surface area contributed by atoms with E-state index in [0.717, 1.165) is 32.2 Å². The van der Waals surface area contributed by atoms with Crippen molar-refractivity contribution in [3.05, 3.63) is 46.1 Å². The van der Waals surface area contributed by atoms with Crippen molar-refractivity contribution < 1.29 is 15.0 Å². The van der Waals surface area contributed by atoms with Crippen LogP contribution in [-0.4, -0.2) is 64.2 Å². The molecule has 196 valence electrons. The van der Waals surface area contributed by atoms with E-state index in [2.05, 4.69) is 29.3 Å². The van der Waals surface area contributed by atoms with Crippen LogP contribution in [0.2, 0.25) is 10.0 Å². The van der Waals surface area contributed by atoms with Gasteiger partial charge in [0.1, 0.15) is 12.1 Å². The predicted octanol–water partition coefficient (Wildman–Crippen LogP) is 5.86. The van der Waals surface area contributed by atoms with E-state index in [1.54, 1.807) is 18.2 Å². The summed E-state index contributed by atoms with van der Waals surface area (Å²) in [4.78, 5) is 24.0. The Bertz CT molecular complexity index is 1190. The number of aromatic nitrogens is 2. The molecule has 0 unspecified atom stereocenters. The second kappa shape index (κ2) is 13.1. The number of aliphatic hydroxyl groups is 1. The molecule has 3 N–H and O–H groups in total. The number of aromatic hydroxyl groups is 1. The van der Waals surface area contributed by atoms with Gasteiger partial charge in [-0.15, -0.1) is 24.8 Å². The van der Waals surface area contributed by atoms with Crippen LogP contribution in [0.1, 0.15) is 36.0 Å². The van der Waals surface area contributed by atoms with Crippen molar-refractivity contribution in [3.8, 4) is 17.0 Å². The van der Waals surface area contributed by atoms with E-state index in [9.17, 15) is 15.0 Å². The predicted molar refractivity (Wildman–Crippen MR) is 150 cm³/mol. The number of ketones is 1. The molecule has 1 aliphatic rings. The first-order valence-corrected chi connectivity index (χ1v) is 12.1. The number of rotatable bonds is 7. The van der Waals surface area contributed by atoms with Gasteiger partial charge in [-0.1, -0.05) is 23.2 Å². The average Bonchev–Trinajstić information content (AvgIpc) is 2.82. The molecule has 7 nitrogen and oxygen atoms in total. The summed E-state index contributed by atoms with van der Waals surface area (Å²) in [6.45, 7) is 0.460. The van der Waals surface area contributed by atoms with Crippen molar-refractivity contribution >= 4 is 70.5 Å². The second-order valence-corrected chi connectivity index (χ2v) is 9.92. The maximum Gasteiger partial charge on any atom is 0.191 e. The molecule has 3 aromatic rings. The van der Waals surface area contributed by atoms with Gasteiger partial charge in [-0.3, -0.25) is 9.78 Å². The van der Waals surface area contributed by atoms with E-state index in [-0.39, 0.29) is 46.7 Å². The standard InChI is InChI=1S/C25H28Cl2N4O3.2ClH/c1-31(2)12-14-3-5-16(6-4-14)29-23-17(22(33)13-32)11-28-21-8-7-20(30-24(21)23)15-9-18(26)25(34)19(27)10-15;;/h7-11,14,16,32,34H,3-6,12-13H2,1-2H3,(H,28,29);2*1H. The number of aliphatic hydroxyl groups excluding tert-OH is 1. The number of anilines is 1. The summed E-state index contributed by atoms with van der Waals surface area (Å²) in [5, 5.41) is 23.2. The smallest absolute Gasteiger partial charge is 0.191 e. The number of hydrogen-bond donors (Lipinski definition) is 3. The number of carbonyl (C=O) groups is 1. The molecule has 1 aliphatic carbocycles. The number of Topliss-reactive ketones (excluding diaryl/α,β-unsaturated/α-hetero) is 1. The molecule has 0 atom stereocenters. The van der Waals surface area contributed by atoms with Crippen molar-refractivity contribution in [1.29, 1.82) is 0 Å². The second-order valence-electron chi connectivity index (χ2n) is 9.11. The molecule has 2 heterocycles. The van der Waals surface area contributed by atoms with Crippen molar-refractivity contribution in [3.63, 3.8) is 0 Å². The molecular formula is C25H30Cl4N4O3. The largest absolute Gasteiger partial charge is 0.505 e. The lowest BCUT2D eigenvalue weighted by molar-refractivity contribution is 0.0904. The number of phenols is 1. The molecule has 0 aliphatic heterocycles. The van der Waals surface area contributed by atoms with Gasteiger partial charge in [0.2, 0.25) is 0 Å². The first-order chi connectivity index (χ1) is 16.3. The zero-order valence-corrected chi connectivity index (χ0v) is 23.1. The number of benzene rings is 1. The van der Waals surface area contributed by atoms with Crippen LogP contribution in [0.3, 0.4) is 0 Å². The van der Waals surface area contributed by atoms with Crippen LogP contribution >= 0.6 is 48.0 Å². The lowest BCUT2D eigenvalue weighted by atomic mass is 9.85. The lowest BCUT2D eigenvalue weighted by Gasteiger charge is -2.31. The van der Waals surface area contributed by atoms with Crippen LogP contribution in [0.4, 0.5) is 5.69 Å². The third-order valence-electron chi connectivity index (χ3n) is 6.29. The third-order valence-corrected chi connectivity index (χ3v) is 6.86. The van der Waals surface area contributed by atoms with Crippen LogP contribution in [0.25, 0.3) is 22.3 Å². The Morgan fingerprint density at radius 3 is 2.33 bits per heavy atom. The van der Waals surface area contributed by atoms with Crippen LogP contribution < -0.4 is 5.32 Å². The van der Waals surface area contributed by atoms with Crippen molar-refractivity contribution in [2.45, 2.75) is 31.7 Å². The monoisotopic (exact) mass is 574 g/mol. The summed E-state index contributed by atoms with van der Waals surface area (Å²) in [5.74, 6) is 0.0632.